The van der Waals surface area contributed by atoms with Crippen LogP contribution in [0.25, 0.3) is 22.1 Å². The highest BCUT2D eigenvalue weighted by atomic mass is 35.5. The van der Waals surface area contributed by atoms with Crippen LogP contribution in [0.3, 0.4) is 0 Å². The number of halogens is 1. The van der Waals surface area contributed by atoms with Crippen LogP contribution in [0.5, 0.6) is 11.5 Å². The van der Waals surface area contributed by atoms with Crippen molar-refractivity contribution in [2.75, 3.05) is 18.7 Å². The first-order chi connectivity index (χ1) is 15.0. The third kappa shape index (κ3) is 3.41. The number of methoxy groups -OCH3 is 1. The van der Waals surface area contributed by atoms with Crippen molar-refractivity contribution in [3.63, 3.8) is 0 Å². The molecule has 156 valence electrons. The van der Waals surface area contributed by atoms with Crippen LogP contribution in [0.1, 0.15) is 11.1 Å². The largest absolute Gasteiger partial charge is 0.497 e. The standard InChI is InChI=1S/C25H20ClNO4/c1-15-24-17(13-27(14-30-24)22-6-4-3-5-21(22)26)11-20-19(12-23(28)31-25(15)20)16-7-9-18(29-2)10-8-16/h3-12H,13-14H2,1-2H3. The molecule has 0 aliphatic carbocycles. The minimum atomic E-state index is -0.394. The van der Waals surface area contributed by atoms with Crippen LogP contribution in [-0.2, 0) is 6.54 Å². The maximum atomic E-state index is 12.3. The van der Waals surface area contributed by atoms with Gasteiger partial charge in [-0.25, -0.2) is 4.79 Å². The fourth-order valence-electron chi connectivity index (χ4n) is 4.09. The van der Waals surface area contributed by atoms with Gasteiger partial charge in [0.15, 0.2) is 6.73 Å². The van der Waals surface area contributed by atoms with E-state index in [1.54, 1.807) is 7.11 Å². The number of nitrogens with zero attached hydrogens (tertiary/aromatic N) is 1. The molecular formula is C25H20ClNO4. The molecule has 0 bridgehead atoms. The number of anilines is 1. The van der Waals surface area contributed by atoms with Gasteiger partial charge in [-0.05, 0) is 48.4 Å². The van der Waals surface area contributed by atoms with Gasteiger partial charge >= 0.3 is 5.63 Å². The SMILES string of the molecule is COc1ccc(-c2cc(=O)oc3c(C)c4c(cc23)CN(c2ccccc2Cl)CO4)cc1. The average molecular weight is 434 g/mol. The summed E-state index contributed by atoms with van der Waals surface area (Å²) >= 11 is 6.40. The van der Waals surface area contributed by atoms with E-state index in [1.807, 2.05) is 61.5 Å². The summed E-state index contributed by atoms with van der Waals surface area (Å²) in [5, 5.41) is 1.54. The molecule has 0 radical (unpaired) electrons. The summed E-state index contributed by atoms with van der Waals surface area (Å²) in [5.41, 5.74) is 4.63. The number of hydrogen-bond donors (Lipinski definition) is 0. The second-order valence-electron chi connectivity index (χ2n) is 7.50. The van der Waals surface area contributed by atoms with Crippen molar-refractivity contribution in [2.24, 2.45) is 0 Å². The molecule has 31 heavy (non-hydrogen) atoms. The Labute approximate surface area is 184 Å². The Morgan fingerprint density at radius 1 is 1.06 bits per heavy atom. The molecule has 0 saturated carbocycles. The molecular weight excluding hydrogens is 414 g/mol. The monoisotopic (exact) mass is 433 g/mol. The lowest BCUT2D eigenvalue weighted by Gasteiger charge is -2.32. The zero-order valence-electron chi connectivity index (χ0n) is 17.1. The van der Waals surface area contributed by atoms with Gasteiger partial charge in [0.2, 0.25) is 0 Å². The van der Waals surface area contributed by atoms with E-state index in [0.29, 0.717) is 23.9 Å². The Kier molecular flexibility index (Phi) is 4.83. The van der Waals surface area contributed by atoms with Crippen molar-refractivity contribution in [3.8, 4) is 22.6 Å². The molecule has 0 amide bonds. The van der Waals surface area contributed by atoms with Gasteiger partial charge < -0.3 is 18.8 Å². The van der Waals surface area contributed by atoms with Crippen LogP contribution in [0, 0.1) is 6.92 Å². The average Bonchev–Trinajstić information content (AvgIpc) is 2.79. The zero-order valence-corrected chi connectivity index (χ0v) is 17.9. The summed E-state index contributed by atoms with van der Waals surface area (Å²) in [5.74, 6) is 1.51. The quantitative estimate of drug-likeness (QED) is 0.383. The lowest BCUT2D eigenvalue weighted by Crippen LogP contribution is -2.32. The van der Waals surface area contributed by atoms with Gasteiger partial charge in [0.05, 0.1) is 17.8 Å². The maximum Gasteiger partial charge on any atom is 0.336 e. The minimum Gasteiger partial charge on any atom is -0.497 e. The molecule has 1 aliphatic heterocycles. The van der Waals surface area contributed by atoms with Crippen LogP contribution < -0.4 is 20.0 Å². The highest BCUT2D eigenvalue weighted by Gasteiger charge is 2.24. The molecule has 0 spiro atoms. The van der Waals surface area contributed by atoms with E-state index in [-0.39, 0.29) is 0 Å². The van der Waals surface area contributed by atoms with Crippen LogP contribution in [0.4, 0.5) is 5.69 Å². The Morgan fingerprint density at radius 3 is 2.58 bits per heavy atom. The second-order valence-corrected chi connectivity index (χ2v) is 7.90. The second kappa shape index (κ2) is 7.67. The third-order valence-corrected chi connectivity index (χ3v) is 5.93. The molecule has 2 heterocycles. The highest BCUT2D eigenvalue weighted by Crippen LogP contribution is 2.40. The van der Waals surface area contributed by atoms with Crippen molar-refractivity contribution < 1.29 is 13.9 Å². The summed E-state index contributed by atoms with van der Waals surface area (Å²) in [6, 6.07) is 18.9. The molecule has 5 nitrogen and oxygen atoms in total. The van der Waals surface area contributed by atoms with Crippen molar-refractivity contribution in [1.82, 2.24) is 0 Å². The first-order valence-corrected chi connectivity index (χ1v) is 10.3. The van der Waals surface area contributed by atoms with Crippen LogP contribution in [0.15, 0.2) is 69.9 Å². The Balaban J connectivity index is 1.66. The van der Waals surface area contributed by atoms with Gasteiger partial charge in [-0.2, -0.15) is 0 Å². The van der Waals surface area contributed by atoms with Gasteiger partial charge in [-0.3, -0.25) is 0 Å². The van der Waals surface area contributed by atoms with Crippen LogP contribution in [-0.4, -0.2) is 13.8 Å². The fraction of sp³-hybridized carbons (Fsp3) is 0.160. The van der Waals surface area contributed by atoms with Crippen molar-refractivity contribution in [3.05, 3.63) is 87.2 Å². The molecule has 1 aliphatic rings. The number of para-hydroxylation sites is 1. The van der Waals surface area contributed by atoms with Gasteiger partial charge in [-0.1, -0.05) is 35.9 Å². The Bertz CT molecular complexity index is 1340. The number of hydrogen-bond acceptors (Lipinski definition) is 5. The normalized spacial score (nSPS) is 13.1. The van der Waals surface area contributed by atoms with E-state index in [1.165, 1.54) is 6.07 Å². The summed E-state index contributed by atoms with van der Waals surface area (Å²) < 4.78 is 17.0. The van der Waals surface area contributed by atoms with Crippen molar-refractivity contribution in [2.45, 2.75) is 13.5 Å². The van der Waals surface area contributed by atoms with Crippen LogP contribution in [0.2, 0.25) is 5.02 Å². The summed E-state index contributed by atoms with van der Waals surface area (Å²) in [6.07, 6.45) is 0. The number of benzene rings is 3. The van der Waals surface area contributed by atoms with E-state index in [2.05, 4.69) is 4.90 Å². The summed E-state index contributed by atoms with van der Waals surface area (Å²) in [6.45, 7) is 2.93. The number of rotatable bonds is 3. The third-order valence-electron chi connectivity index (χ3n) is 5.61. The lowest BCUT2D eigenvalue weighted by atomic mass is 9.96. The molecule has 0 N–H and O–H groups in total. The van der Waals surface area contributed by atoms with E-state index in [0.717, 1.165) is 44.8 Å². The van der Waals surface area contributed by atoms with Gasteiger partial charge in [-0.15, -0.1) is 0 Å². The van der Waals surface area contributed by atoms with E-state index < -0.39 is 5.63 Å². The van der Waals surface area contributed by atoms with E-state index in [4.69, 9.17) is 25.5 Å². The fourth-order valence-corrected chi connectivity index (χ4v) is 4.35. The predicted octanol–water partition coefficient (Wildman–Crippen LogP) is 5.79. The first kappa shape index (κ1) is 19.5. The number of aryl methyl sites for hydroxylation is 1. The van der Waals surface area contributed by atoms with E-state index in [9.17, 15) is 4.79 Å². The van der Waals surface area contributed by atoms with Crippen LogP contribution >= 0.6 is 11.6 Å². The summed E-state index contributed by atoms with van der Waals surface area (Å²) in [4.78, 5) is 14.4. The predicted molar refractivity (Wildman–Crippen MR) is 122 cm³/mol. The van der Waals surface area contributed by atoms with Crippen molar-refractivity contribution >= 4 is 28.3 Å². The minimum absolute atomic E-state index is 0.367. The molecule has 5 rings (SSSR count). The van der Waals surface area contributed by atoms with Gasteiger partial charge in [0, 0.05) is 29.1 Å². The first-order valence-electron chi connectivity index (χ1n) is 9.92. The highest BCUT2D eigenvalue weighted by molar-refractivity contribution is 6.33. The van der Waals surface area contributed by atoms with Gasteiger partial charge in [0.25, 0.3) is 0 Å². The molecule has 0 fully saturated rings. The lowest BCUT2D eigenvalue weighted by molar-refractivity contribution is 0.287. The molecule has 1 aromatic heterocycles. The van der Waals surface area contributed by atoms with E-state index >= 15 is 0 Å². The van der Waals surface area contributed by atoms with Crippen molar-refractivity contribution in [1.29, 1.82) is 0 Å². The molecule has 0 atom stereocenters. The number of fused-ring (bicyclic) bond motifs is 2. The smallest absolute Gasteiger partial charge is 0.336 e. The topological polar surface area (TPSA) is 51.9 Å². The molecule has 4 aromatic rings. The molecule has 0 unspecified atom stereocenters. The number of ether oxygens (including phenoxy) is 2. The Hall–Kier alpha value is -3.44. The molecule has 0 saturated heterocycles. The molecule has 3 aromatic carbocycles. The zero-order chi connectivity index (χ0) is 21.5. The summed E-state index contributed by atoms with van der Waals surface area (Å²) in [7, 11) is 1.63. The molecule has 6 heteroatoms. The maximum absolute atomic E-state index is 12.3. The van der Waals surface area contributed by atoms with Gasteiger partial charge in [0.1, 0.15) is 17.1 Å². The Morgan fingerprint density at radius 2 is 1.84 bits per heavy atom.